The highest BCUT2D eigenvalue weighted by Crippen LogP contribution is 2.21. The van der Waals surface area contributed by atoms with Crippen molar-refractivity contribution in [1.29, 1.82) is 0 Å². The van der Waals surface area contributed by atoms with Crippen molar-refractivity contribution < 1.29 is 14.6 Å². The summed E-state index contributed by atoms with van der Waals surface area (Å²) in [6.45, 7) is 0. The molecule has 92 valence electrons. The Morgan fingerprint density at radius 1 is 1.06 bits per heavy atom. The minimum Gasteiger partial charge on any atom is -0.497 e. The van der Waals surface area contributed by atoms with Gasteiger partial charge in [0.05, 0.1) is 7.11 Å². The van der Waals surface area contributed by atoms with Crippen LogP contribution in [0.4, 0.5) is 0 Å². The molecule has 0 fully saturated rings. The van der Waals surface area contributed by atoms with E-state index in [1.807, 2.05) is 6.07 Å². The topological polar surface area (TPSA) is 46.5 Å². The van der Waals surface area contributed by atoms with E-state index in [4.69, 9.17) is 4.74 Å². The monoisotopic (exact) mass is 242 g/mol. The minimum atomic E-state index is -1.14. The number of ether oxygens (including phenoxy) is 1. The third-order valence-electron chi connectivity index (χ3n) is 2.74. The standard InChI is InChI=1S/C15H14O3/c1-18-13-9-7-12(8-10-13)15(17)14(16)11-5-3-2-4-6-11/h2-10,15,17H,1H3/t15-/m0/s1. The number of carbonyl (C=O) groups excluding carboxylic acids is 1. The van der Waals surface area contributed by atoms with Gasteiger partial charge in [0.1, 0.15) is 11.9 Å². The molecular weight excluding hydrogens is 228 g/mol. The van der Waals surface area contributed by atoms with Crippen LogP contribution in [-0.4, -0.2) is 18.0 Å². The number of hydrogen-bond donors (Lipinski definition) is 1. The van der Waals surface area contributed by atoms with E-state index >= 15 is 0 Å². The molecule has 1 atom stereocenters. The third kappa shape index (κ3) is 2.57. The van der Waals surface area contributed by atoms with Crippen molar-refractivity contribution in [3.05, 3.63) is 65.7 Å². The Morgan fingerprint density at radius 3 is 2.22 bits per heavy atom. The second kappa shape index (κ2) is 5.47. The highest BCUT2D eigenvalue weighted by atomic mass is 16.5. The molecule has 18 heavy (non-hydrogen) atoms. The number of carbonyl (C=O) groups is 1. The van der Waals surface area contributed by atoms with Gasteiger partial charge < -0.3 is 9.84 Å². The van der Waals surface area contributed by atoms with Crippen molar-refractivity contribution in [2.45, 2.75) is 6.10 Å². The van der Waals surface area contributed by atoms with Gasteiger partial charge in [-0.15, -0.1) is 0 Å². The summed E-state index contributed by atoms with van der Waals surface area (Å²) in [6, 6.07) is 15.6. The Morgan fingerprint density at radius 2 is 1.67 bits per heavy atom. The lowest BCUT2D eigenvalue weighted by Crippen LogP contribution is -2.12. The fraction of sp³-hybridized carbons (Fsp3) is 0.133. The van der Waals surface area contributed by atoms with Crippen molar-refractivity contribution in [2.24, 2.45) is 0 Å². The number of aliphatic hydroxyl groups excluding tert-OH is 1. The highest BCUT2D eigenvalue weighted by molar-refractivity contribution is 5.99. The Balaban J connectivity index is 2.20. The zero-order valence-electron chi connectivity index (χ0n) is 10.0. The van der Waals surface area contributed by atoms with Crippen molar-refractivity contribution in [3.8, 4) is 5.75 Å². The quantitative estimate of drug-likeness (QED) is 0.838. The number of Topliss-reactive ketones (excluding diaryl/α,β-unsaturated/α-hetero) is 1. The Kier molecular flexibility index (Phi) is 3.75. The maximum atomic E-state index is 12.0. The predicted octanol–water partition coefficient (Wildman–Crippen LogP) is 2.61. The number of methoxy groups -OCH3 is 1. The van der Waals surface area contributed by atoms with Gasteiger partial charge in [-0.05, 0) is 17.7 Å². The van der Waals surface area contributed by atoms with Crippen LogP contribution in [0, 0.1) is 0 Å². The van der Waals surface area contributed by atoms with Crippen LogP contribution in [0.1, 0.15) is 22.0 Å². The molecule has 0 amide bonds. The first kappa shape index (κ1) is 12.3. The number of ketones is 1. The average Bonchev–Trinajstić information content (AvgIpc) is 2.47. The van der Waals surface area contributed by atoms with Crippen molar-refractivity contribution >= 4 is 5.78 Å². The van der Waals surface area contributed by atoms with E-state index in [0.717, 1.165) is 0 Å². The SMILES string of the molecule is COc1ccc([C@H](O)C(=O)c2ccccc2)cc1. The number of benzene rings is 2. The van der Waals surface area contributed by atoms with Crippen LogP contribution in [0.15, 0.2) is 54.6 Å². The molecule has 2 rings (SSSR count). The number of rotatable bonds is 4. The van der Waals surface area contributed by atoms with Gasteiger partial charge in [0.2, 0.25) is 0 Å². The number of aliphatic hydroxyl groups is 1. The Hall–Kier alpha value is -2.13. The maximum Gasteiger partial charge on any atom is 0.195 e. The fourth-order valence-corrected chi connectivity index (χ4v) is 1.70. The molecule has 0 aliphatic heterocycles. The van der Waals surface area contributed by atoms with Gasteiger partial charge in [-0.3, -0.25) is 4.79 Å². The molecule has 0 aliphatic rings. The van der Waals surface area contributed by atoms with Crippen LogP contribution in [0.2, 0.25) is 0 Å². The predicted molar refractivity (Wildman–Crippen MR) is 68.7 cm³/mol. The van der Waals surface area contributed by atoms with Crippen LogP contribution in [0.5, 0.6) is 5.75 Å². The van der Waals surface area contributed by atoms with E-state index in [1.54, 1.807) is 55.6 Å². The lowest BCUT2D eigenvalue weighted by atomic mass is 10.00. The Labute approximate surface area is 106 Å². The summed E-state index contributed by atoms with van der Waals surface area (Å²) >= 11 is 0. The largest absolute Gasteiger partial charge is 0.497 e. The minimum absolute atomic E-state index is 0.305. The molecular formula is C15H14O3. The summed E-state index contributed by atoms with van der Waals surface area (Å²) in [5, 5.41) is 10.0. The van der Waals surface area contributed by atoms with Gasteiger partial charge in [0.15, 0.2) is 5.78 Å². The first-order chi connectivity index (χ1) is 8.72. The summed E-state index contributed by atoms with van der Waals surface area (Å²) in [5.74, 6) is 0.388. The highest BCUT2D eigenvalue weighted by Gasteiger charge is 2.18. The second-order valence-electron chi connectivity index (χ2n) is 3.91. The molecule has 1 N–H and O–H groups in total. The zero-order chi connectivity index (χ0) is 13.0. The van der Waals surface area contributed by atoms with Gasteiger partial charge in [-0.1, -0.05) is 42.5 Å². The van der Waals surface area contributed by atoms with Crippen LogP contribution in [0.3, 0.4) is 0 Å². The van der Waals surface area contributed by atoms with Crippen LogP contribution < -0.4 is 4.74 Å². The smallest absolute Gasteiger partial charge is 0.195 e. The van der Waals surface area contributed by atoms with E-state index in [9.17, 15) is 9.90 Å². The lowest BCUT2D eigenvalue weighted by Gasteiger charge is -2.10. The fourth-order valence-electron chi connectivity index (χ4n) is 1.70. The van der Waals surface area contributed by atoms with Gasteiger partial charge in [-0.2, -0.15) is 0 Å². The van der Waals surface area contributed by atoms with Crippen molar-refractivity contribution in [3.63, 3.8) is 0 Å². The third-order valence-corrected chi connectivity index (χ3v) is 2.74. The molecule has 0 aromatic heterocycles. The second-order valence-corrected chi connectivity index (χ2v) is 3.91. The van der Waals surface area contributed by atoms with Gasteiger partial charge >= 0.3 is 0 Å². The molecule has 2 aromatic carbocycles. The summed E-state index contributed by atoms with van der Waals surface area (Å²) < 4.78 is 5.03. The van der Waals surface area contributed by atoms with E-state index < -0.39 is 6.10 Å². The van der Waals surface area contributed by atoms with E-state index in [2.05, 4.69) is 0 Å². The summed E-state index contributed by atoms with van der Waals surface area (Å²) in [7, 11) is 1.57. The average molecular weight is 242 g/mol. The normalized spacial score (nSPS) is 11.9. The lowest BCUT2D eigenvalue weighted by molar-refractivity contribution is 0.0747. The van der Waals surface area contributed by atoms with E-state index in [-0.39, 0.29) is 5.78 Å². The molecule has 3 heteroatoms. The molecule has 0 saturated heterocycles. The molecule has 0 unspecified atom stereocenters. The summed E-state index contributed by atoms with van der Waals surface area (Å²) in [4.78, 5) is 12.0. The summed E-state index contributed by atoms with van der Waals surface area (Å²) in [5.41, 5.74) is 1.06. The molecule has 0 spiro atoms. The zero-order valence-corrected chi connectivity index (χ0v) is 10.0. The van der Waals surface area contributed by atoms with E-state index in [0.29, 0.717) is 16.9 Å². The van der Waals surface area contributed by atoms with Crippen LogP contribution >= 0.6 is 0 Å². The first-order valence-corrected chi connectivity index (χ1v) is 5.63. The molecule has 0 aliphatic carbocycles. The van der Waals surface area contributed by atoms with Crippen LogP contribution in [0.25, 0.3) is 0 Å². The number of hydrogen-bond acceptors (Lipinski definition) is 3. The molecule has 0 heterocycles. The Bertz CT molecular complexity index is 517. The van der Waals surface area contributed by atoms with Crippen molar-refractivity contribution in [1.82, 2.24) is 0 Å². The molecule has 0 radical (unpaired) electrons. The van der Waals surface area contributed by atoms with Crippen LogP contribution in [-0.2, 0) is 0 Å². The first-order valence-electron chi connectivity index (χ1n) is 5.63. The summed E-state index contributed by atoms with van der Waals surface area (Å²) in [6.07, 6.45) is -1.14. The van der Waals surface area contributed by atoms with E-state index in [1.165, 1.54) is 0 Å². The molecule has 2 aromatic rings. The maximum absolute atomic E-state index is 12.0. The van der Waals surface area contributed by atoms with Gasteiger partial charge in [0, 0.05) is 5.56 Å². The van der Waals surface area contributed by atoms with Gasteiger partial charge in [-0.25, -0.2) is 0 Å². The van der Waals surface area contributed by atoms with Crippen molar-refractivity contribution in [2.75, 3.05) is 7.11 Å². The van der Waals surface area contributed by atoms with Gasteiger partial charge in [0.25, 0.3) is 0 Å². The molecule has 0 saturated carbocycles. The molecule has 0 bridgehead atoms. The molecule has 3 nitrogen and oxygen atoms in total.